The fourth-order valence-corrected chi connectivity index (χ4v) is 2.53. The Balaban J connectivity index is 1.84. The van der Waals surface area contributed by atoms with Gasteiger partial charge in [0.15, 0.2) is 0 Å². The van der Waals surface area contributed by atoms with Crippen molar-refractivity contribution in [3.63, 3.8) is 0 Å². The summed E-state index contributed by atoms with van der Waals surface area (Å²) in [5.41, 5.74) is 1.88. The number of halogens is 2. The zero-order valence-corrected chi connectivity index (χ0v) is 13.9. The molecule has 0 radical (unpaired) electrons. The summed E-state index contributed by atoms with van der Waals surface area (Å²) in [5, 5.41) is 3.38. The van der Waals surface area contributed by atoms with Gasteiger partial charge in [-0.1, -0.05) is 29.8 Å². The molecule has 0 aromatic heterocycles. The second-order valence-corrected chi connectivity index (χ2v) is 5.82. The van der Waals surface area contributed by atoms with E-state index in [9.17, 15) is 4.79 Å². The third-order valence-corrected chi connectivity index (χ3v) is 3.79. The van der Waals surface area contributed by atoms with Gasteiger partial charge in [0.2, 0.25) is 5.91 Å². The topological polar surface area (TPSA) is 38.3 Å². The van der Waals surface area contributed by atoms with Gasteiger partial charge < -0.3 is 10.1 Å². The molecule has 21 heavy (non-hydrogen) atoms. The number of carbonyl (C=O) groups is 1. The highest BCUT2D eigenvalue weighted by Gasteiger charge is 2.07. The Morgan fingerprint density at radius 3 is 2.76 bits per heavy atom. The van der Waals surface area contributed by atoms with Crippen LogP contribution in [0.25, 0.3) is 0 Å². The number of amides is 1. The van der Waals surface area contributed by atoms with Crippen LogP contribution in [0, 0.1) is 6.92 Å². The summed E-state index contributed by atoms with van der Waals surface area (Å²) in [6.07, 6.45) is 0.255. The highest BCUT2D eigenvalue weighted by molar-refractivity contribution is 9.10. The molecular weight excluding hydrogens is 354 g/mol. The summed E-state index contributed by atoms with van der Waals surface area (Å²) < 4.78 is 6.35. The predicted octanol–water partition coefficient (Wildman–Crippen LogP) is 4.82. The molecule has 0 saturated carbocycles. The molecule has 0 aliphatic heterocycles. The third-order valence-electron chi connectivity index (χ3n) is 2.82. The maximum Gasteiger partial charge on any atom is 0.227 e. The van der Waals surface area contributed by atoms with Crippen LogP contribution in [0.15, 0.2) is 46.9 Å². The van der Waals surface area contributed by atoms with E-state index in [0.717, 1.165) is 15.7 Å². The Kier molecular flexibility index (Phi) is 5.65. The zero-order valence-electron chi connectivity index (χ0n) is 11.5. The molecule has 0 aliphatic carbocycles. The second kappa shape index (κ2) is 7.48. The lowest BCUT2D eigenvalue weighted by atomic mass is 10.2. The average molecular weight is 369 g/mol. The Hall–Kier alpha value is -1.52. The van der Waals surface area contributed by atoms with Gasteiger partial charge in [-0.3, -0.25) is 4.79 Å². The van der Waals surface area contributed by atoms with E-state index in [-0.39, 0.29) is 18.9 Å². The average Bonchev–Trinajstić information content (AvgIpc) is 2.44. The van der Waals surface area contributed by atoms with E-state index in [1.165, 1.54) is 0 Å². The number of nitrogens with one attached hydrogen (secondary N) is 1. The van der Waals surface area contributed by atoms with Crippen molar-refractivity contribution in [3.05, 3.63) is 57.5 Å². The van der Waals surface area contributed by atoms with E-state index in [2.05, 4.69) is 21.2 Å². The number of rotatable bonds is 5. The van der Waals surface area contributed by atoms with Crippen LogP contribution in [0.4, 0.5) is 5.69 Å². The van der Waals surface area contributed by atoms with Crippen molar-refractivity contribution in [2.24, 2.45) is 0 Å². The second-order valence-electron chi connectivity index (χ2n) is 4.56. The van der Waals surface area contributed by atoms with Crippen molar-refractivity contribution in [3.8, 4) is 5.75 Å². The van der Waals surface area contributed by atoms with Crippen molar-refractivity contribution < 1.29 is 9.53 Å². The molecule has 0 atom stereocenters. The lowest BCUT2D eigenvalue weighted by Gasteiger charge is -2.10. The van der Waals surface area contributed by atoms with Gasteiger partial charge in [0.1, 0.15) is 5.75 Å². The Morgan fingerprint density at radius 1 is 1.29 bits per heavy atom. The largest absolute Gasteiger partial charge is 0.491 e. The van der Waals surface area contributed by atoms with E-state index in [1.54, 1.807) is 12.1 Å². The first kappa shape index (κ1) is 15.9. The number of para-hydroxylation sites is 1. The summed E-state index contributed by atoms with van der Waals surface area (Å²) in [5.74, 6) is 0.482. The van der Waals surface area contributed by atoms with Gasteiger partial charge in [0.05, 0.1) is 23.7 Å². The molecule has 0 unspecified atom stereocenters. The van der Waals surface area contributed by atoms with Gasteiger partial charge in [-0.25, -0.2) is 0 Å². The third kappa shape index (κ3) is 4.76. The molecule has 2 aromatic carbocycles. The van der Waals surface area contributed by atoms with E-state index in [4.69, 9.17) is 16.3 Å². The van der Waals surface area contributed by atoms with E-state index in [0.29, 0.717) is 10.8 Å². The van der Waals surface area contributed by atoms with Gasteiger partial charge in [-0.2, -0.15) is 0 Å². The molecule has 3 nitrogen and oxygen atoms in total. The lowest BCUT2D eigenvalue weighted by Crippen LogP contribution is -2.15. The van der Waals surface area contributed by atoms with Crippen molar-refractivity contribution >= 4 is 39.1 Å². The molecule has 0 spiro atoms. The first-order valence-electron chi connectivity index (χ1n) is 6.49. The molecule has 5 heteroatoms. The SMILES string of the molecule is Cc1ccc(NC(=O)CCOc2ccccc2Cl)c(Br)c1. The maximum absolute atomic E-state index is 11.9. The van der Waals surface area contributed by atoms with Gasteiger partial charge in [0, 0.05) is 4.47 Å². The van der Waals surface area contributed by atoms with E-state index < -0.39 is 0 Å². The van der Waals surface area contributed by atoms with Gasteiger partial charge in [-0.05, 0) is 52.7 Å². The molecule has 1 N–H and O–H groups in total. The number of ether oxygens (including phenoxy) is 1. The standard InChI is InChI=1S/C16H15BrClNO2/c1-11-6-7-14(12(17)10-11)19-16(20)8-9-21-15-5-3-2-4-13(15)18/h2-7,10H,8-9H2,1H3,(H,19,20). The number of benzene rings is 2. The Labute approximate surface area is 137 Å². The summed E-state index contributed by atoms with van der Waals surface area (Å²) in [4.78, 5) is 11.9. The van der Waals surface area contributed by atoms with Gasteiger partial charge >= 0.3 is 0 Å². The lowest BCUT2D eigenvalue weighted by molar-refractivity contribution is -0.116. The fourth-order valence-electron chi connectivity index (χ4n) is 1.75. The minimum atomic E-state index is -0.105. The quantitative estimate of drug-likeness (QED) is 0.822. The van der Waals surface area contributed by atoms with Crippen molar-refractivity contribution in [2.75, 3.05) is 11.9 Å². The summed E-state index contributed by atoms with van der Waals surface area (Å²) in [7, 11) is 0. The van der Waals surface area contributed by atoms with Gasteiger partial charge in [-0.15, -0.1) is 0 Å². The highest BCUT2D eigenvalue weighted by atomic mass is 79.9. The molecular formula is C16H15BrClNO2. The van der Waals surface area contributed by atoms with Crippen molar-refractivity contribution in [1.82, 2.24) is 0 Å². The van der Waals surface area contributed by atoms with Crippen LogP contribution in [-0.4, -0.2) is 12.5 Å². The Morgan fingerprint density at radius 2 is 2.05 bits per heavy atom. The van der Waals surface area contributed by atoms with Crippen LogP contribution in [0.5, 0.6) is 5.75 Å². The number of aryl methyl sites for hydroxylation is 1. The minimum absolute atomic E-state index is 0.105. The van der Waals surface area contributed by atoms with Crippen LogP contribution in [-0.2, 0) is 4.79 Å². The molecule has 2 rings (SSSR count). The molecule has 0 saturated heterocycles. The molecule has 0 aliphatic rings. The molecule has 0 fully saturated rings. The van der Waals surface area contributed by atoms with Crippen LogP contribution < -0.4 is 10.1 Å². The summed E-state index contributed by atoms with van der Waals surface area (Å²) in [6, 6.07) is 13.0. The van der Waals surface area contributed by atoms with Crippen molar-refractivity contribution in [1.29, 1.82) is 0 Å². The molecule has 2 aromatic rings. The predicted molar refractivity (Wildman–Crippen MR) is 89.1 cm³/mol. The maximum atomic E-state index is 11.9. The smallest absolute Gasteiger partial charge is 0.227 e. The highest BCUT2D eigenvalue weighted by Crippen LogP contribution is 2.24. The number of hydrogen-bond donors (Lipinski definition) is 1. The monoisotopic (exact) mass is 367 g/mol. The summed E-state index contributed by atoms with van der Waals surface area (Å²) >= 11 is 9.40. The first-order chi connectivity index (χ1) is 10.1. The van der Waals surface area contributed by atoms with E-state index >= 15 is 0 Å². The molecule has 110 valence electrons. The number of hydrogen-bond acceptors (Lipinski definition) is 2. The fraction of sp³-hybridized carbons (Fsp3) is 0.188. The minimum Gasteiger partial charge on any atom is -0.491 e. The molecule has 0 heterocycles. The normalized spacial score (nSPS) is 10.2. The molecule has 0 bridgehead atoms. The zero-order chi connectivity index (χ0) is 15.2. The number of carbonyl (C=O) groups excluding carboxylic acids is 1. The summed E-state index contributed by atoms with van der Waals surface area (Å²) in [6.45, 7) is 2.27. The van der Waals surface area contributed by atoms with Crippen LogP contribution in [0.3, 0.4) is 0 Å². The first-order valence-corrected chi connectivity index (χ1v) is 7.66. The van der Waals surface area contributed by atoms with Gasteiger partial charge in [0.25, 0.3) is 0 Å². The van der Waals surface area contributed by atoms with Crippen LogP contribution in [0.2, 0.25) is 5.02 Å². The van der Waals surface area contributed by atoms with Crippen LogP contribution in [0.1, 0.15) is 12.0 Å². The van der Waals surface area contributed by atoms with E-state index in [1.807, 2.05) is 37.3 Å². The number of anilines is 1. The van der Waals surface area contributed by atoms with Crippen molar-refractivity contribution in [2.45, 2.75) is 13.3 Å². The van der Waals surface area contributed by atoms with Crippen LogP contribution >= 0.6 is 27.5 Å². The molecule has 1 amide bonds. The Bertz CT molecular complexity index is 646.